The number of hydrogen-bond donors (Lipinski definition) is 0. The first-order valence-electron chi connectivity index (χ1n) is 13.0. The van der Waals surface area contributed by atoms with E-state index in [9.17, 15) is 0 Å². The molecule has 3 heteroatoms. The van der Waals surface area contributed by atoms with Gasteiger partial charge in [-0.1, -0.05) is 82.7 Å². The molecule has 1 atom stereocenters. The fourth-order valence-corrected chi connectivity index (χ4v) is 10.9. The van der Waals surface area contributed by atoms with Crippen molar-refractivity contribution >= 4 is 26.4 Å². The molecule has 1 aromatic rings. The molecule has 0 saturated heterocycles. The zero-order chi connectivity index (χ0) is 20.8. The van der Waals surface area contributed by atoms with Crippen LogP contribution in [-0.2, 0) is 0 Å². The van der Waals surface area contributed by atoms with E-state index in [1.807, 2.05) is 0 Å². The standard InChI is InChI=1S/C28H43OP.ClH/c1-22(2)29-27-19-11-9-13-23(27)21-24-14-10-12-20-28(24)30(25-15-5-3-6-16-25)26-17-7-4-8-18-26;/h9,11,13,19,21-22,25-26,28H,3-8,10,12,14-18,20H2,1-2H3;1H. The molecule has 31 heavy (non-hydrogen) atoms. The molecule has 1 unspecified atom stereocenters. The zero-order valence-corrected chi connectivity index (χ0v) is 21.6. The first-order valence-corrected chi connectivity index (χ1v) is 14.5. The predicted octanol–water partition coefficient (Wildman–Crippen LogP) is 9.37. The minimum Gasteiger partial charge on any atom is -0.490 e. The van der Waals surface area contributed by atoms with Crippen molar-refractivity contribution in [3.8, 4) is 5.75 Å². The summed E-state index contributed by atoms with van der Waals surface area (Å²) in [5, 5.41) is 0. The molecule has 0 aliphatic heterocycles. The van der Waals surface area contributed by atoms with Crippen molar-refractivity contribution < 1.29 is 4.74 Å². The van der Waals surface area contributed by atoms with Gasteiger partial charge in [0.05, 0.1) is 6.10 Å². The number of rotatable bonds is 6. The highest BCUT2D eigenvalue weighted by molar-refractivity contribution is 7.60. The summed E-state index contributed by atoms with van der Waals surface area (Å²) in [7, 11) is 0.114. The molecule has 0 bridgehead atoms. The van der Waals surface area contributed by atoms with Crippen molar-refractivity contribution in [1.82, 2.24) is 0 Å². The summed E-state index contributed by atoms with van der Waals surface area (Å²) in [6.07, 6.45) is 23.5. The minimum absolute atomic E-state index is 0. The molecule has 1 nitrogen and oxygen atoms in total. The van der Waals surface area contributed by atoms with Gasteiger partial charge in [0.15, 0.2) is 0 Å². The maximum atomic E-state index is 6.18. The smallest absolute Gasteiger partial charge is 0.126 e. The van der Waals surface area contributed by atoms with E-state index in [1.165, 1.54) is 95.5 Å². The predicted molar refractivity (Wildman–Crippen MR) is 140 cm³/mol. The Kier molecular flexibility index (Phi) is 10.2. The molecule has 0 amide bonds. The third-order valence-electron chi connectivity index (χ3n) is 7.60. The fraction of sp³-hybridized carbons (Fsp3) is 0.714. The fourth-order valence-electron chi connectivity index (χ4n) is 6.25. The van der Waals surface area contributed by atoms with Crippen LogP contribution in [0.25, 0.3) is 6.08 Å². The average molecular weight is 463 g/mol. The van der Waals surface area contributed by atoms with E-state index >= 15 is 0 Å². The molecule has 1 aromatic carbocycles. The topological polar surface area (TPSA) is 9.23 Å². The van der Waals surface area contributed by atoms with Gasteiger partial charge in [0.1, 0.15) is 5.75 Å². The second kappa shape index (κ2) is 12.6. The van der Waals surface area contributed by atoms with Crippen molar-refractivity contribution in [3.05, 3.63) is 35.4 Å². The van der Waals surface area contributed by atoms with Crippen molar-refractivity contribution in [2.45, 2.75) is 127 Å². The third kappa shape index (κ3) is 6.74. The molecule has 0 heterocycles. The highest BCUT2D eigenvalue weighted by Gasteiger charge is 2.38. The summed E-state index contributed by atoms with van der Waals surface area (Å²) in [6.45, 7) is 4.28. The Labute approximate surface area is 199 Å². The summed E-state index contributed by atoms with van der Waals surface area (Å²) >= 11 is 0. The number of benzene rings is 1. The Morgan fingerprint density at radius 2 is 1.39 bits per heavy atom. The van der Waals surface area contributed by atoms with Crippen molar-refractivity contribution in [3.63, 3.8) is 0 Å². The number of para-hydroxylation sites is 1. The van der Waals surface area contributed by atoms with Gasteiger partial charge in [-0.2, -0.15) is 0 Å². The molecule has 3 aliphatic rings. The maximum absolute atomic E-state index is 6.18. The zero-order valence-electron chi connectivity index (χ0n) is 19.9. The quantitative estimate of drug-likeness (QED) is 0.382. The van der Waals surface area contributed by atoms with Crippen LogP contribution in [-0.4, -0.2) is 23.1 Å². The van der Waals surface area contributed by atoms with Gasteiger partial charge in [-0.3, -0.25) is 0 Å². The highest BCUT2D eigenvalue weighted by Crippen LogP contribution is 2.63. The number of ether oxygens (including phenoxy) is 1. The number of halogens is 1. The van der Waals surface area contributed by atoms with E-state index in [4.69, 9.17) is 4.74 Å². The molecule has 3 aliphatic carbocycles. The summed E-state index contributed by atoms with van der Waals surface area (Å²) in [6, 6.07) is 8.74. The van der Waals surface area contributed by atoms with E-state index in [1.54, 1.807) is 5.57 Å². The van der Waals surface area contributed by atoms with Gasteiger partial charge >= 0.3 is 0 Å². The summed E-state index contributed by atoms with van der Waals surface area (Å²) < 4.78 is 6.18. The summed E-state index contributed by atoms with van der Waals surface area (Å²) in [5.74, 6) is 1.07. The lowest BCUT2D eigenvalue weighted by atomic mass is 9.92. The van der Waals surface area contributed by atoms with Crippen LogP contribution in [0.15, 0.2) is 29.8 Å². The van der Waals surface area contributed by atoms with Gasteiger partial charge in [-0.15, -0.1) is 12.4 Å². The Bertz CT molecular complexity index is 670. The molecule has 3 fully saturated rings. The Morgan fingerprint density at radius 1 is 0.806 bits per heavy atom. The molecule has 0 aromatic heterocycles. The van der Waals surface area contributed by atoms with E-state index in [-0.39, 0.29) is 26.4 Å². The first-order chi connectivity index (χ1) is 14.7. The molecule has 174 valence electrons. The normalized spacial score (nSPS) is 25.0. The van der Waals surface area contributed by atoms with Gasteiger partial charge < -0.3 is 4.74 Å². The summed E-state index contributed by atoms with van der Waals surface area (Å²) in [4.78, 5) is 0. The Balaban J connectivity index is 0.00000272. The maximum Gasteiger partial charge on any atom is 0.126 e. The van der Waals surface area contributed by atoms with Gasteiger partial charge in [0.25, 0.3) is 0 Å². The van der Waals surface area contributed by atoms with Crippen LogP contribution in [0, 0.1) is 0 Å². The van der Waals surface area contributed by atoms with E-state index in [0.29, 0.717) is 0 Å². The van der Waals surface area contributed by atoms with Crippen molar-refractivity contribution in [2.75, 3.05) is 0 Å². The summed E-state index contributed by atoms with van der Waals surface area (Å²) in [5.41, 5.74) is 6.07. The van der Waals surface area contributed by atoms with Crippen LogP contribution in [0.1, 0.15) is 109 Å². The first kappa shape index (κ1) is 25.1. The lowest BCUT2D eigenvalue weighted by Gasteiger charge is -2.45. The highest BCUT2D eigenvalue weighted by atomic mass is 35.5. The lowest BCUT2D eigenvalue weighted by Crippen LogP contribution is -2.29. The van der Waals surface area contributed by atoms with Gasteiger partial charge in [0.2, 0.25) is 0 Å². The van der Waals surface area contributed by atoms with Gasteiger partial charge in [0, 0.05) is 11.2 Å². The van der Waals surface area contributed by atoms with Gasteiger partial charge in [-0.05, 0) is 76.2 Å². The number of hydrogen-bond acceptors (Lipinski definition) is 1. The third-order valence-corrected chi connectivity index (χ3v) is 11.6. The molecule has 3 saturated carbocycles. The van der Waals surface area contributed by atoms with Crippen LogP contribution < -0.4 is 4.74 Å². The second-order valence-electron chi connectivity index (χ2n) is 10.2. The van der Waals surface area contributed by atoms with E-state index < -0.39 is 0 Å². The van der Waals surface area contributed by atoms with Crippen molar-refractivity contribution in [1.29, 1.82) is 0 Å². The largest absolute Gasteiger partial charge is 0.490 e. The Hall–Kier alpha value is -0.520. The van der Waals surface area contributed by atoms with Crippen LogP contribution in [0.4, 0.5) is 0 Å². The molecular formula is C28H44ClOP. The average Bonchev–Trinajstić information content (AvgIpc) is 2.78. The minimum atomic E-state index is 0. The molecule has 0 N–H and O–H groups in total. The van der Waals surface area contributed by atoms with E-state index in [0.717, 1.165) is 22.7 Å². The van der Waals surface area contributed by atoms with Crippen LogP contribution >= 0.6 is 20.3 Å². The van der Waals surface area contributed by atoms with Crippen LogP contribution in [0.3, 0.4) is 0 Å². The van der Waals surface area contributed by atoms with Gasteiger partial charge in [-0.25, -0.2) is 0 Å². The number of allylic oxidation sites excluding steroid dienone is 1. The Morgan fingerprint density at radius 3 is 2.00 bits per heavy atom. The molecule has 0 radical (unpaired) electrons. The SMILES string of the molecule is CC(C)Oc1ccccc1C=C1CCCCC1P(C1CCCCC1)C1CCCCC1.Cl. The molecule has 4 rings (SSSR count). The van der Waals surface area contributed by atoms with Crippen LogP contribution in [0.5, 0.6) is 5.75 Å². The molecule has 0 spiro atoms. The molecular weight excluding hydrogens is 419 g/mol. The monoisotopic (exact) mass is 462 g/mol. The van der Waals surface area contributed by atoms with Crippen molar-refractivity contribution in [2.24, 2.45) is 0 Å². The van der Waals surface area contributed by atoms with Crippen LogP contribution in [0.2, 0.25) is 0 Å². The van der Waals surface area contributed by atoms with E-state index in [2.05, 4.69) is 44.2 Å². The second-order valence-corrected chi connectivity index (χ2v) is 13.2. The lowest BCUT2D eigenvalue weighted by molar-refractivity contribution is 0.242.